The van der Waals surface area contributed by atoms with Crippen LogP contribution in [-0.2, 0) is 0 Å². The minimum Gasteiger partial charge on any atom is -0.357 e. The van der Waals surface area contributed by atoms with Crippen molar-refractivity contribution in [3.05, 3.63) is 12.3 Å². The summed E-state index contributed by atoms with van der Waals surface area (Å²) in [4.78, 5) is 13.5. The van der Waals surface area contributed by atoms with Gasteiger partial charge < -0.3 is 10.2 Å². The third-order valence-corrected chi connectivity index (χ3v) is 3.68. The van der Waals surface area contributed by atoms with Crippen LogP contribution >= 0.6 is 0 Å². The summed E-state index contributed by atoms with van der Waals surface area (Å²) >= 11 is 0. The molecule has 1 aliphatic rings. The van der Waals surface area contributed by atoms with Crippen molar-refractivity contribution in [2.45, 2.75) is 26.3 Å². The zero-order valence-corrected chi connectivity index (χ0v) is 11.6. The zero-order chi connectivity index (χ0) is 13.0. The first-order chi connectivity index (χ1) is 8.78. The summed E-state index contributed by atoms with van der Waals surface area (Å²) in [6, 6.07) is 2.65. The average molecular weight is 249 g/mol. The second kappa shape index (κ2) is 6.00. The van der Waals surface area contributed by atoms with Crippen molar-refractivity contribution in [2.75, 3.05) is 43.4 Å². The number of rotatable bonds is 5. The van der Waals surface area contributed by atoms with Crippen LogP contribution in [0.5, 0.6) is 0 Å². The SMILES string of the molecule is CCN(CC)C1CCN(c2ccnc(NC)n2)C1. The predicted octanol–water partition coefficient (Wildman–Crippen LogP) is 1.44. The van der Waals surface area contributed by atoms with Crippen molar-refractivity contribution in [3.63, 3.8) is 0 Å². The molecule has 0 aliphatic carbocycles. The van der Waals surface area contributed by atoms with Gasteiger partial charge in [0.2, 0.25) is 5.95 Å². The molecule has 0 saturated carbocycles. The van der Waals surface area contributed by atoms with E-state index in [1.807, 2.05) is 19.3 Å². The van der Waals surface area contributed by atoms with Crippen LogP contribution in [0.15, 0.2) is 12.3 Å². The summed E-state index contributed by atoms with van der Waals surface area (Å²) in [5.41, 5.74) is 0. The molecule has 1 fully saturated rings. The Morgan fingerprint density at radius 1 is 1.44 bits per heavy atom. The zero-order valence-electron chi connectivity index (χ0n) is 11.6. The molecule has 1 aromatic heterocycles. The van der Waals surface area contributed by atoms with Gasteiger partial charge in [0, 0.05) is 32.4 Å². The number of nitrogens with zero attached hydrogens (tertiary/aromatic N) is 4. The lowest BCUT2D eigenvalue weighted by atomic mass is 10.2. The first kappa shape index (κ1) is 13.1. The Bertz CT molecular complexity index is 377. The molecule has 1 saturated heterocycles. The van der Waals surface area contributed by atoms with Crippen molar-refractivity contribution in [1.29, 1.82) is 0 Å². The van der Waals surface area contributed by atoms with Gasteiger partial charge in [0.1, 0.15) is 5.82 Å². The second-order valence-corrected chi connectivity index (χ2v) is 4.60. The summed E-state index contributed by atoms with van der Waals surface area (Å²) in [7, 11) is 1.85. The number of nitrogens with one attached hydrogen (secondary N) is 1. The van der Waals surface area contributed by atoms with Gasteiger partial charge in [0.15, 0.2) is 0 Å². The number of likely N-dealkylation sites (N-methyl/N-ethyl adjacent to an activating group) is 1. The largest absolute Gasteiger partial charge is 0.357 e. The van der Waals surface area contributed by atoms with Crippen LogP contribution < -0.4 is 10.2 Å². The second-order valence-electron chi connectivity index (χ2n) is 4.60. The molecule has 5 heteroatoms. The van der Waals surface area contributed by atoms with Crippen molar-refractivity contribution in [3.8, 4) is 0 Å². The van der Waals surface area contributed by atoms with Gasteiger partial charge in [-0.3, -0.25) is 4.90 Å². The molecule has 2 heterocycles. The molecule has 0 amide bonds. The number of hydrogen-bond donors (Lipinski definition) is 1. The summed E-state index contributed by atoms with van der Waals surface area (Å²) < 4.78 is 0. The molecule has 100 valence electrons. The van der Waals surface area contributed by atoms with Crippen LogP contribution in [0.4, 0.5) is 11.8 Å². The Kier molecular flexibility index (Phi) is 4.36. The van der Waals surface area contributed by atoms with Gasteiger partial charge in [-0.2, -0.15) is 4.98 Å². The van der Waals surface area contributed by atoms with Crippen molar-refractivity contribution in [2.24, 2.45) is 0 Å². The summed E-state index contributed by atoms with van der Waals surface area (Å²) in [6.07, 6.45) is 3.04. The molecule has 5 nitrogen and oxygen atoms in total. The molecule has 0 radical (unpaired) electrons. The molecule has 1 atom stereocenters. The van der Waals surface area contributed by atoms with E-state index < -0.39 is 0 Å². The molecule has 1 aromatic rings. The minimum absolute atomic E-state index is 0.660. The predicted molar refractivity (Wildman–Crippen MR) is 75.1 cm³/mol. The van der Waals surface area contributed by atoms with Gasteiger partial charge in [-0.05, 0) is 25.6 Å². The smallest absolute Gasteiger partial charge is 0.224 e. The monoisotopic (exact) mass is 249 g/mol. The van der Waals surface area contributed by atoms with Gasteiger partial charge in [0.05, 0.1) is 0 Å². The summed E-state index contributed by atoms with van der Waals surface area (Å²) in [5.74, 6) is 1.72. The van der Waals surface area contributed by atoms with E-state index in [-0.39, 0.29) is 0 Å². The molecule has 0 aromatic carbocycles. The third kappa shape index (κ3) is 2.72. The van der Waals surface area contributed by atoms with Crippen molar-refractivity contribution < 1.29 is 0 Å². The van der Waals surface area contributed by atoms with E-state index in [1.54, 1.807) is 0 Å². The van der Waals surface area contributed by atoms with Crippen LogP contribution in [0.1, 0.15) is 20.3 Å². The Hall–Kier alpha value is -1.36. The number of hydrogen-bond acceptors (Lipinski definition) is 5. The lowest BCUT2D eigenvalue weighted by molar-refractivity contribution is 0.232. The van der Waals surface area contributed by atoms with E-state index >= 15 is 0 Å². The Morgan fingerprint density at radius 2 is 2.22 bits per heavy atom. The molecule has 0 spiro atoms. The standard InChI is InChI=1S/C13H23N5/c1-4-17(5-2)11-7-9-18(10-11)12-6-8-15-13(14-3)16-12/h6,8,11H,4-5,7,9-10H2,1-3H3,(H,14,15,16). The molecule has 18 heavy (non-hydrogen) atoms. The molecule has 2 rings (SSSR count). The maximum absolute atomic E-state index is 4.50. The van der Waals surface area contributed by atoms with E-state index in [9.17, 15) is 0 Å². The number of anilines is 2. The highest BCUT2D eigenvalue weighted by Crippen LogP contribution is 2.21. The highest BCUT2D eigenvalue weighted by Gasteiger charge is 2.26. The Morgan fingerprint density at radius 3 is 2.89 bits per heavy atom. The van der Waals surface area contributed by atoms with Crippen LogP contribution in [0, 0.1) is 0 Å². The number of aromatic nitrogens is 2. The van der Waals surface area contributed by atoms with Crippen LogP contribution in [0.25, 0.3) is 0 Å². The fourth-order valence-corrected chi connectivity index (χ4v) is 2.63. The Labute approximate surface area is 109 Å². The van der Waals surface area contributed by atoms with Gasteiger partial charge in [-0.1, -0.05) is 13.8 Å². The molecular formula is C13H23N5. The van der Waals surface area contributed by atoms with Crippen LogP contribution in [-0.4, -0.2) is 54.1 Å². The first-order valence-electron chi connectivity index (χ1n) is 6.78. The maximum atomic E-state index is 4.50. The van der Waals surface area contributed by atoms with E-state index in [2.05, 4.69) is 38.9 Å². The minimum atomic E-state index is 0.660. The lowest BCUT2D eigenvalue weighted by Gasteiger charge is -2.26. The van der Waals surface area contributed by atoms with Crippen LogP contribution in [0.2, 0.25) is 0 Å². The third-order valence-electron chi connectivity index (χ3n) is 3.68. The summed E-state index contributed by atoms with van der Waals surface area (Å²) in [5, 5.41) is 2.99. The van der Waals surface area contributed by atoms with E-state index in [0.717, 1.165) is 32.0 Å². The maximum Gasteiger partial charge on any atom is 0.224 e. The van der Waals surface area contributed by atoms with Crippen molar-refractivity contribution in [1.82, 2.24) is 14.9 Å². The highest BCUT2D eigenvalue weighted by atomic mass is 15.3. The molecule has 1 aliphatic heterocycles. The average Bonchev–Trinajstić information content (AvgIpc) is 2.90. The first-order valence-corrected chi connectivity index (χ1v) is 6.78. The fourth-order valence-electron chi connectivity index (χ4n) is 2.63. The highest BCUT2D eigenvalue weighted by molar-refractivity contribution is 5.43. The molecule has 0 bridgehead atoms. The van der Waals surface area contributed by atoms with Crippen molar-refractivity contribution >= 4 is 11.8 Å². The van der Waals surface area contributed by atoms with Gasteiger partial charge in [-0.15, -0.1) is 0 Å². The lowest BCUT2D eigenvalue weighted by Crippen LogP contribution is -2.37. The quantitative estimate of drug-likeness (QED) is 0.855. The van der Waals surface area contributed by atoms with E-state index in [1.165, 1.54) is 6.42 Å². The normalized spacial score (nSPS) is 19.6. The Balaban J connectivity index is 2.03. The molecule has 1 unspecified atom stereocenters. The summed E-state index contributed by atoms with van der Waals surface area (Å²) in [6.45, 7) is 8.87. The molecular weight excluding hydrogens is 226 g/mol. The topological polar surface area (TPSA) is 44.3 Å². The van der Waals surface area contributed by atoms with E-state index in [4.69, 9.17) is 0 Å². The van der Waals surface area contributed by atoms with Gasteiger partial charge in [0.25, 0.3) is 0 Å². The van der Waals surface area contributed by atoms with Crippen LogP contribution in [0.3, 0.4) is 0 Å². The van der Waals surface area contributed by atoms with Gasteiger partial charge in [-0.25, -0.2) is 4.98 Å². The fraction of sp³-hybridized carbons (Fsp3) is 0.692. The van der Waals surface area contributed by atoms with E-state index in [0.29, 0.717) is 12.0 Å². The van der Waals surface area contributed by atoms with Gasteiger partial charge >= 0.3 is 0 Å². The molecule has 1 N–H and O–H groups in total.